The van der Waals surface area contributed by atoms with Crippen LogP contribution in [0.3, 0.4) is 0 Å². The van der Waals surface area contributed by atoms with Crippen LogP contribution in [0, 0.1) is 0 Å². The van der Waals surface area contributed by atoms with Gasteiger partial charge in [0.2, 0.25) is 0 Å². The van der Waals surface area contributed by atoms with E-state index in [0.717, 1.165) is 5.56 Å². The molecule has 0 unspecified atom stereocenters. The van der Waals surface area contributed by atoms with Crippen molar-refractivity contribution in [3.63, 3.8) is 0 Å². The molecule has 0 saturated heterocycles. The van der Waals surface area contributed by atoms with Gasteiger partial charge >= 0.3 is 0 Å². The molecule has 4 heteroatoms. The highest BCUT2D eigenvalue weighted by Crippen LogP contribution is 2.19. The van der Waals surface area contributed by atoms with Gasteiger partial charge < -0.3 is 9.63 Å². The summed E-state index contributed by atoms with van der Waals surface area (Å²) in [6.45, 7) is -0.222. The van der Waals surface area contributed by atoms with Crippen molar-refractivity contribution in [1.29, 1.82) is 0 Å². The third kappa shape index (κ3) is 2.75. The van der Waals surface area contributed by atoms with E-state index in [1.165, 1.54) is 11.1 Å². The molecule has 0 aliphatic rings. The lowest BCUT2D eigenvalue weighted by molar-refractivity contribution is 0.222. The Morgan fingerprint density at radius 3 is 2.25 bits per heavy atom. The summed E-state index contributed by atoms with van der Waals surface area (Å²) in [5.74, 6) is 0.836. The van der Waals surface area contributed by atoms with Crippen LogP contribution in [-0.2, 0) is 13.0 Å². The smallest absolute Gasteiger partial charge is 0.252 e. The molecule has 100 valence electrons. The van der Waals surface area contributed by atoms with Crippen LogP contribution in [0.4, 0.5) is 0 Å². The summed E-state index contributed by atoms with van der Waals surface area (Å²) in [4.78, 5) is 4.08. The van der Waals surface area contributed by atoms with E-state index in [0.29, 0.717) is 12.2 Å². The Kier molecular flexibility index (Phi) is 3.56. The lowest BCUT2D eigenvalue weighted by Crippen LogP contribution is -1.91. The minimum atomic E-state index is -0.222. The number of aliphatic hydroxyl groups is 1. The molecule has 1 N–H and O–H groups in total. The van der Waals surface area contributed by atoms with Gasteiger partial charge in [0.1, 0.15) is 6.61 Å². The Morgan fingerprint density at radius 1 is 0.900 bits per heavy atom. The molecule has 4 nitrogen and oxygen atoms in total. The van der Waals surface area contributed by atoms with Crippen LogP contribution in [0.1, 0.15) is 17.3 Å². The molecule has 2 aromatic carbocycles. The average Bonchev–Trinajstić information content (AvgIpc) is 2.97. The Balaban J connectivity index is 1.76. The first-order valence-electron chi connectivity index (χ1n) is 6.42. The highest BCUT2D eigenvalue weighted by atomic mass is 16.5. The molecular weight excluding hydrogens is 252 g/mol. The first-order valence-corrected chi connectivity index (χ1v) is 6.42. The van der Waals surface area contributed by atoms with E-state index >= 15 is 0 Å². The molecule has 3 aromatic rings. The van der Waals surface area contributed by atoms with Crippen molar-refractivity contribution < 1.29 is 9.63 Å². The summed E-state index contributed by atoms with van der Waals surface area (Å²) in [5, 5.41) is 12.7. The molecule has 0 radical (unpaired) electrons. The van der Waals surface area contributed by atoms with E-state index in [2.05, 4.69) is 46.5 Å². The van der Waals surface area contributed by atoms with Gasteiger partial charge in [-0.3, -0.25) is 0 Å². The lowest BCUT2D eigenvalue weighted by Gasteiger charge is -2.02. The topological polar surface area (TPSA) is 59.2 Å². The molecule has 0 saturated carbocycles. The zero-order chi connectivity index (χ0) is 13.8. The predicted molar refractivity (Wildman–Crippen MR) is 74.9 cm³/mol. The highest BCUT2D eigenvalue weighted by Gasteiger charge is 2.06. The molecular formula is C16H14N2O2. The van der Waals surface area contributed by atoms with Crippen LogP contribution >= 0.6 is 0 Å². The van der Waals surface area contributed by atoms with E-state index in [-0.39, 0.29) is 12.5 Å². The summed E-state index contributed by atoms with van der Waals surface area (Å²) >= 11 is 0. The van der Waals surface area contributed by atoms with Crippen molar-refractivity contribution in [2.24, 2.45) is 0 Å². The van der Waals surface area contributed by atoms with E-state index in [4.69, 9.17) is 9.63 Å². The Morgan fingerprint density at radius 2 is 1.60 bits per heavy atom. The van der Waals surface area contributed by atoms with Gasteiger partial charge in [0.25, 0.3) is 5.89 Å². The molecule has 20 heavy (non-hydrogen) atoms. The van der Waals surface area contributed by atoms with Crippen LogP contribution in [0.2, 0.25) is 0 Å². The summed E-state index contributed by atoms with van der Waals surface area (Å²) in [7, 11) is 0. The van der Waals surface area contributed by atoms with Gasteiger partial charge in [-0.15, -0.1) is 0 Å². The molecule has 1 heterocycles. The summed E-state index contributed by atoms with van der Waals surface area (Å²) < 4.78 is 4.87. The minimum absolute atomic E-state index is 0.222. The molecule has 0 amide bonds. The van der Waals surface area contributed by atoms with Crippen LogP contribution in [0.25, 0.3) is 11.1 Å². The monoisotopic (exact) mass is 266 g/mol. The summed E-state index contributed by atoms with van der Waals surface area (Å²) in [5.41, 5.74) is 3.48. The number of nitrogens with zero attached hydrogens (tertiary/aromatic N) is 2. The van der Waals surface area contributed by atoms with E-state index in [9.17, 15) is 0 Å². The van der Waals surface area contributed by atoms with Gasteiger partial charge in [-0.05, 0) is 16.7 Å². The van der Waals surface area contributed by atoms with Gasteiger partial charge in [0, 0.05) is 6.42 Å². The van der Waals surface area contributed by atoms with Crippen molar-refractivity contribution in [2.45, 2.75) is 13.0 Å². The zero-order valence-corrected chi connectivity index (χ0v) is 10.9. The van der Waals surface area contributed by atoms with Crippen molar-refractivity contribution in [2.75, 3.05) is 0 Å². The fourth-order valence-corrected chi connectivity index (χ4v) is 2.05. The predicted octanol–water partition coefficient (Wildman–Crippen LogP) is 2.82. The van der Waals surface area contributed by atoms with Gasteiger partial charge in [0.15, 0.2) is 5.82 Å². The number of aliphatic hydroxyl groups excluding tert-OH is 1. The van der Waals surface area contributed by atoms with E-state index in [1.807, 2.05) is 18.2 Å². The number of benzene rings is 2. The number of hydrogen-bond donors (Lipinski definition) is 1. The maximum Gasteiger partial charge on any atom is 0.252 e. The highest BCUT2D eigenvalue weighted by molar-refractivity contribution is 5.63. The Labute approximate surface area is 116 Å². The van der Waals surface area contributed by atoms with Crippen LogP contribution < -0.4 is 0 Å². The van der Waals surface area contributed by atoms with Crippen molar-refractivity contribution in [1.82, 2.24) is 10.1 Å². The Bertz CT molecular complexity index is 675. The van der Waals surface area contributed by atoms with E-state index < -0.39 is 0 Å². The molecule has 3 rings (SSSR count). The minimum Gasteiger partial charge on any atom is -0.387 e. The molecule has 0 aliphatic carbocycles. The summed E-state index contributed by atoms with van der Waals surface area (Å²) in [6, 6.07) is 18.5. The van der Waals surface area contributed by atoms with Crippen molar-refractivity contribution >= 4 is 0 Å². The van der Waals surface area contributed by atoms with Gasteiger partial charge in [-0.2, -0.15) is 4.98 Å². The van der Waals surface area contributed by atoms with Crippen LogP contribution in [-0.4, -0.2) is 15.2 Å². The molecule has 0 spiro atoms. The molecule has 0 atom stereocenters. The van der Waals surface area contributed by atoms with Crippen molar-refractivity contribution in [3.05, 3.63) is 71.9 Å². The third-order valence-corrected chi connectivity index (χ3v) is 3.07. The first kappa shape index (κ1) is 12.6. The normalized spacial score (nSPS) is 10.7. The van der Waals surface area contributed by atoms with Gasteiger partial charge in [-0.25, -0.2) is 0 Å². The quantitative estimate of drug-likeness (QED) is 0.788. The van der Waals surface area contributed by atoms with Crippen LogP contribution in [0.15, 0.2) is 59.1 Å². The molecule has 0 fully saturated rings. The maximum atomic E-state index is 8.88. The SMILES string of the molecule is OCc1nc(Cc2ccc(-c3ccccc3)cc2)no1. The van der Waals surface area contributed by atoms with Crippen LogP contribution in [0.5, 0.6) is 0 Å². The number of rotatable bonds is 4. The fourth-order valence-electron chi connectivity index (χ4n) is 2.05. The van der Waals surface area contributed by atoms with Crippen molar-refractivity contribution in [3.8, 4) is 11.1 Å². The standard InChI is InChI=1S/C16H14N2O2/c19-11-16-17-15(18-20-16)10-12-6-8-14(9-7-12)13-4-2-1-3-5-13/h1-9,19H,10-11H2. The lowest BCUT2D eigenvalue weighted by atomic mass is 10.0. The van der Waals surface area contributed by atoms with Gasteiger partial charge in [-0.1, -0.05) is 59.8 Å². The second-order valence-corrected chi connectivity index (χ2v) is 4.50. The summed E-state index contributed by atoms with van der Waals surface area (Å²) in [6.07, 6.45) is 0.596. The number of hydrogen-bond acceptors (Lipinski definition) is 4. The average molecular weight is 266 g/mol. The molecule has 0 bridgehead atoms. The number of aromatic nitrogens is 2. The third-order valence-electron chi connectivity index (χ3n) is 3.07. The maximum absolute atomic E-state index is 8.88. The molecule has 1 aromatic heterocycles. The fraction of sp³-hybridized carbons (Fsp3) is 0.125. The first-order chi connectivity index (χ1) is 9.85. The zero-order valence-electron chi connectivity index (χ0n) is 10.9. The Hall–Kier alpha value is -2.46. The van der Waals surface area contributed by atoms with Gasteiger partial charge in [0.05, 0.1) is 0 Å². The second-order valence-electron chi connectivity index (χ2n) is 4.50. The van der Waals surface area contributed by atoms with E-state index in [1.54, 1.807) is 0 Å². The largest absolute Gasteiger partial charge is 0.387 e. The molecule has 0 aliphatic heterocycles. The second kappa shape index (κ2) is 5.67.